The molecule has 0 saturated carbocycles. The Morgan fingerprint density at radius 2 is 1.12 bits per heavy atom. The summed E-state index contributed by atoms with van der Waals surface area (Å²) in [6.45, 7) is 28.8. The fraction of sp³-hybridized carbons (Fsp3) is 0.566. The van der Waals surface area contributed by atoms with E-state index in [1.54, 1.807) is 24.9 Å². The number of pyridine rings is 2. The van der Waals surface area contributed by atoms with Gasteiger partial charge in [0.05, 0.1) is 24.5 Å². The van der Waals surface area contributed by atoms with Crippen LogP contribution < -0.4 is 19.6 Å². The van der Waals surface area contributed by atoms with E-state index >= 15 is 0 Å². The quantitative estimate of drug-likeness (QED) is 0.0553. The number of carbonyl (C=O) groups excluding carboxylic acids is 1. The highest BCUT2D eigenvalue weighted by Gasteiger charge is 2.49. The fourth-order valence-corrected chi connectivity index (χ4v) is 13.6. The van der Waals surface area contributed by atoms with Crippen LogP contribution in [0, 0.1) is 22.7 Å². The molecule has 4 aliphatic heterocycles. The maximum atomic E-state index is 12.5. The van der Waals surface area contributed by atoms with Crippen molar-refractivity contribution in [3.8, 4) is 0 Å². The maximum Gasteiger partial charge on any atom is 0.341 e. The number of carbonyl (C=O) groups is 1. The van der Waals surface area contributed by atoms with Crippen molar-refractivity contribution in [2.75, 3.05) is 92.3 Å². The number of esters is 1. The Hall–Kier alpha value is -4.52. The summed E-state index contributed by atoms with van der Waals surface area (Å²) >= 11 is 6.92. The summed E-state index contributed by atoms with van der Waals surface area (Å²) in [7, 11) is -0.819. The Kier molecular flexibility index (Phi) is 16.3. The number of rotatable bonds is 16. The van der Waals surface area contributed by atoms with Gasteiger partial charge in [-0.3, -0.25) is 0 Å². The molecular weight excluding hydrogens is 1100 g/mol. The molecular formula is C53H74Br2N12O5Si2. The Bertz CT molecular complexity index is 2950. The monoisotopic (exact) mass is 1170 g/mol. The number of nitrogens with zero attached hydrogens (tertiary/aromatic N) is 12. The molecule has 74 heavy (non-hydrogen) atoms. The van der Waals surface area contributed by atoms with E-state index in [1.807, 2.05) is 12.3 Å². The molecule has 21 heteroatoms. The molecule has 1 N–H and O–H groups in total. The van der Waals surface area contributed by atoms with Crippen LogP contribution in [0.3, 0.4) is 0 Å². The molecule has 10 rings (SSSR count). The van der Waals surface area contributed by atoms with Crippen LogP contribution in [0.1, 0.15) is 42.6 Å². The third-order valence-corrected chi connectivity index (χ3v) is 19.9. The summed E-state index contributed by atoms with van der Waals surface area (Å²) in [5.41, 5.74) is 3.34. The van der Waals surface area contributed by atoms with Crippen LogP contribution in [-0.2, 0) is 34.3 Å². The van der Waals surface area contributed by atoms with Gasteiger partial charge in [0.2, 0.25) is 0 Å². The van der Waals surface area contributed by atoms with Crippen LogP contribution in [0.25, 0.3) is 22.1 Å². The van der Waals surface area contributed by atoms with Crippen molar-refractivity contribution in [2.45, 2.75) is 98.1 Å². The Morgan fingerprint density at radius 1 is 0.662 bits per heavy atom. The molecule has 0 amide bonds. The number of methoxy groups -OCH3 is 1. The average Bonchev–Trinajstić information content (AvgIpc) is 4.15. The van der Waals surface area contributed by atoms with Gasteiger partial charge in [-0.25, -0.2) is 34.7 Å². The number of hydrogen-bond donors (Lipinski definition) is 1. The second kappa shape index (κ2) is 22.2. The normalized spacial score (nSPS) is 22.1. The van der Waals surface area contributed by atoms with Crippen LogP contribution in [0.15, 0.2) is 70.7 Å². The highest BCUT2D eigenvalue weighted by atomic mass is 79.9. The topological polar surface area (TPSA) is 165 Å². The van der Waals surface area contributed by atoms with E-state index < -0.39 is 16.1 Å². The highest BCUT2D eigenvalue weighted by Crippen LogP contribution is 2.47. The predicted octanol–water partition coefficient (Wildman–Crippen LogP) is 9.79. The summed E-state index contributed by atoms with van der Waals surface area (Å²) in [6.07, 6.45) is 13.2. The lowest BCUT2D eigenvalue weighted by Gasteiger charge is -2.42. The van der Waals surface area contributed by atoms with Crippen LogP contribution in [-0.4, -0.2) is 139 Å². The van der Waals surface area contributed by atoms with Gasteiger partial charge in [-0.05, 0) is 92.9 Å². The number of hydrogen-bond acceptors (Lipinski definition) is 15. The zero-order valence-corrected chi connectivity index (χ0v) is 49.8. The molecule has 6 aromatic heterocycles. The van der Waals surface area contributed by atoms with Gasteiger partial charge in [0.1, 0.15) is 66.2 Å². The first-order chi connectivity index (χ1) is 35.2. The minimum Gasteiger partial charge on any atom is -0.465 e. The molecule has 398 valence electrons. The van der Waals surface area contributed by atoms with E-state index in [4.69, 9.17) is 24.2 Å². The van der Waals surface area contributed by atoms with Gasteiger partial charge in [0, 0.05) is 132 Å². The average molecular weight is 1180 g/mol. The molecule has 0 aromatic carbocycles. The van der Waals surface area contributed by atoms with Crippen molar-refractivity contribution >= 4 is 99.3 Å². The van der Waals surface area contributed by atoms with E-state index in [2.05, 4.69) is 158 Å². The first-order valence-corrected chi connectivity index (χ1v) is 35.0. The Labute approximate surface area is 454 Å². The lowest BCUT2D eigenvalue weighted by molar-refractivity contribution is 0.0600. The molecule has 0 unspecified atom stereocenters. The van der Waals surface area contributed by atoms with Crippen molar-refractivity contribution in [3.05, 3.63) is 81.8 Å². The molecule has 4 saturated heterocycles. The third kappa shape index (κ3) is 12.0. The number of aliphatic hydroxyl groups excluding tert-OH is 1. The lowest BCUT2D eigenvalue weighted by Crippen LogP contribution is -2.47. The first kappa shape index (κ1) is 54.3. The van der Waals surface area contributed by atoms with Crippen molar-refractivity contribution < 1.29 is 24.1 Å². The predicted molar refractivity (Wildman–Crippen MR) is 306 cm³/mol. The number of ether oxygens (including phenoxy) is 3. The van der Waals surface area contributed by atoms with E-state index in [1.165, 1.54) is 7.11 Å². The smallest absolute Gasteiger partial charge is 0.341 e. The van der Waals surface area contributed by atoms with Gasteiger partial charge >= 0.3 is 5.97 Å². The van der Waals surface area contributed by atoms with Gasteiger partial charge in [-0.2, -0.15) is 0 Å². The zero-order chi connectivity index (χ0) is 52.6. The van der Waals surface area contributed by atoms with E-state index in [9.17, 15) is 9.90 Å². The molecule has 4 atom stereocenters. The van der Waals surface area contributed by atoms with Gasteiger partial charge < -0.3 is 48.1 Å². The van der Waals surface area contributed by atoms with E-state index in [-0.39, 0.29) is 23.4 Å². The minimum absolute atomic E-state index is 0.0104. The van der Waals surface area contributed by atoms with Crippen molar-refractivity contribution in [2.24, 2.45) is 22.7 Å². The number of fused-ring (bicyclic) bond motifs is 4. The lowest BCUT2D eigenvalue weighted by atomic mass is 9.75. The molecule has 0 radical (unpaired) electrons. The largest absolute Gasteiger partial charge is 0.465 e. The van der Waals surface area contributed by atoms with Gasteiger partial charge in [-0.1, -0.05) is 53.1 Å². The summed E-state index contributed by atoms with van der Waals surface area (Å²) < 4.78 is 22.8. The minimum atomic E-state index is -1.12. The fourth-order valence-electron chi connectivity index (χ4n) is 11.4. The highest BCUT2D eigenvalue weighted by molar-refractivity contribution is 9.10. The summed E-state index contributed by atoms with van der Waals surface area (Å²) in [5, 5.41) is 12.0. The number of aliphatic hydroxyl groups is 1. The van der Waals surface area contributed by atoms with Gasteiger partial charge in [-0.15, -0.1) is 0 Å². The molecule has 17 nitrogen and oxygen atoms in total. The van der Waals surface area contributed by atoms with E-state index in [0.717, 1.165) is 145 Å². The molecule has 6 aromatic rings. The van der Waals surface area contributed by atoms with Crippen molar-refractivity contribution in [1.29, 1.82) is 0 Å². The number of aromatic nitrogens is 8. The number of piperidine rings is 2. The summed E-state index contributed by atoms with van der Waals surface area (Å²) in [5.74, 6) is 4.29. The molecule has 10 heterocycles. The molecule has 4 fully saturated rings. The SMILES string of the molecule is COC(=O)c1cc(Br)cnc1N1C[C@H]2CCN(c3ncnc4c3ccn4COCC[Si](C)(C)C)C[C@@]2(C)C1.C[C@]12CN(c3ncc(Br)cc3CO)C[C@H]1CCN(c1ncnc3c1ccn3COCC[Si](C)(C)C)C2. The van der Waals surface area contributed by atoms with Crippen molar-refractivity contribution in [1.82, 2.24) is 39.0 Å². The standard InChI is InChI=1S/C27H37BrN6O3Si.C26H37BrN6O2Si/c1-27-15-32(23-21-7-9-33(24(21)31-17-30-23)18-37-10-11-38(3,4)5)8-6-19(27)14-34(16-27)25-22(26(35)36-2)12-20(28)13-29-25;1-26-15-31(7-5-20(26)13-33(16-26)23-19(14-34)11-21(27)12-28-23)24-22-6-8-32(25(22)30-17-29-24)18-35-9-10-36(2,3)4/h7,9,12-13,17,19H,6,8,10-11,14-16,18H2,1-5H3;6,8,11-12,17,20,34H,5,7,9-10,13-16,18H2,1-4H3/t19-,27+;20-,26+/m11/s1. The number of halogens is 2. The van der Waals surface area contributed by atoms with Crippen LogP contribution >= 0.6 is 31.9 Å². The molecule has 0 spiro atoms. The summed E-state index contributed by atoms with van der Waals surface area (Å²) in [4.78, 5) is 49.8. The molecule has 4 aliphatic rings. The second-order valence-corrected chi connectivity index (χ2v) is 36.9. The summed E-state index contributed by atoms with van der Waals surface area (Å²) in [6, 6.07) is 10.3. The maximum absolute atomic E-state index is 12.5. The second-order valence-electron chi connectivity index (χ2n) is 23.8. The zero-order valence-electron chi connectivity index (χ0n) is 44.7. The Morgan fingerprint density at radius 3 is 1.59 bits per heavy atom. The first-order valence-electron chi connectivity index (χ1n) is 26.0. The van der Waals surface area contributed by atoms with Crippen LogP contribution in [0.5, 0.6) is 0 Å². The van der Waals surface area contributed by atoms with Crippen molar-refractivity contribution in [3.63, 3.8) is 0 Å². The van der Waals surface area contributed by atoms with Crippen LogP contribution in [0.2, 0.25) is 51.4 Å². The molecule has 0 bridgehead atoms. The van der Waals surface area contributed by atoms with Gasteiger partial charge in [0.25, 0.3) is 0 Å². The van der Waals surface area contributed by atoms with E-state index in [0.29, 0.717) is 36.7 Å². The molecule has 0 aliphatic carbocycles. The number of anilines is 4. The Balaban J connectivity index is 0.000000182. The van der Waals surface area contributed by atoms with Crippen LogP contribution in [0.4, 0.5) is 23.3 Å². The van der Waals surface area contributed by atoms with Gasteiger partial charge in [0.15, 0.2) is 0 Å². The third-order valence-electron chi connectivity index (χ3n) is 15.6.